The first-order chi connectivity index (χ1) is 8.60. The van der Waals surface area contributed by atoms with Crippen molar-refractivity contribution in [2.75, 3.05) is 7.11 Å². The van der Waals surface area contributed by atoms with E-state index < -0.39 is 0 Å². The number of ether oxygens (including phenoxy) is 1. The molecule has 1 N–H and O–H groups in total. The highest BCUT2D eigenvalue weighted by Gasteiger charge is 2.31. The van der Waals surface area contributed by atoms with Crippen molar-refractivity contribution in [3.8, 4) is 5.75 Å². The molecule has 100 valence electrons. The van der Waals surface area contributed by atoms with Crippen LogP contribution in [-0.4, -0.2) is 19.2 Å². The summed E-state index contributed by atoms with van der Waals surface area (Å²) >= 11 is 0. The highest BCUT2D eigenvalue weighted by molar-refractivity contribution is 5.32. The largest absolute Gasteiger partial charge is 0.497 e. The molecule has 0 aromatic heterocycles. The van der Waals surface area contributed by atoms with Crippen molar-refractivity contribution >= 4 is 0 Å². The molecule has 1 aromatic carbocycles. The molecule has 1 saturated carbocycles. The summed E-state index contributed by atoms with van der Waals surface area (Å²) in [6.07, 6.45) is 2.51. The van der Waals surface area contributed by atoms with Gasteiger partial charge in [-0.2, -0.15) is 0 Å². The highest BCUT2D eigenvalue weighted by Crippen LogP contribution is 2.38. The van der Waals surface area contributed by atoms with E-state index in [-0.39, 0.29) is 0 Å². The van der Waals surface area contributed by atoms with Gasteiger partial charge in [-0.3, -0.25) is 0 Å². The van der Waals surface area contributed by atoms with Gasteiger partial charge in [0.05, 0.1) is 7.11 Å². The number of rotatable bonds is 5. The van der Waals surface area contributed by atoms with Crippen LogP contribution in [0, 0.1) is 5.92 Å². The average molecular weight is 247 g/mol. The molecule has 0 amide bonds. The summed E-state index contributed by atoms with van der Waals surface area (Å²) < 4.78 is 5.28. The molecule has 0 heterocycles. The molecule has 1 aliphatic rings. The van der Waals surface area contributed by atoms with Crippen molar-refractivity contribution in [1.82, 2.24) is 5.32 Å². The third-order valence-corrected chi connectivity index (χ3v) is 4.20. The van der Waals surface area contributed by atoms with Crippen LogP contribution in [0.15, 0.2) is 24.3 Å². The second-order valence-electron chi connectivity index (χ2n) is 5.84. The van der Waals surface area contributed by atoms with Gasteiger partial charge >= 0.3 is 0 Å². The van der Waals surface area contributed by atoms with Gasteiger partial charge in [0.15, 0.2) is 0 Å². The zero-order chi connectivity index (χ0) is 13.1. The first-order valence-corrected chi connectivity index (χ1v) is 7.00. The summed E-state index contributed by atoms with van der Waals surface area (Å²) in [7, 11) is 1.73. The molecule has 2 heteroatoms. The zero-order valence-corrected chi connectivity index (χ0v) is 11.9. The van der Waals surface area contributed by atoms with E-state index in [4.69, 9.17) is 4.74 Å². The Hall–Kier alpha value is -1.02. The van der Waals surface area contributed by atoms with Gasteiger partial charge in [-0.25, -0.2) is 0 Å². The van der Waals surface area contributed by atoms with Crippen molar-refractivity contribution in [2.45, 2.75) is 51.6 Å². The molecule has 0 radical (unpaired) electrons. The normalized spacial score (nSPS) is 24.7. The van der Waals surface area contributed by atoms with Gasteiger partial charge in [0.2, 0.25) is 0 Å². The molecule has 1 unspecified atom stereocenters. The zero-order valence-electron chi connectivity index (χ0n) is 11.9. The van der Waals surface area contributed by atoms with Crippen molar-refractivity contribution in [3.63, 3.8) is 0 Å². The average Bonchev–Trinajstić information content (AvgIpc) is 2.32. The van der Waals surface area contributed by atoms with Crippen LogP contribution < -0.4 is 10.1 Å². The van der Waals surface area contributed by atoms with Crippen molar-refractivity contribution in [2.24, 2.45) is 5.92 Å². The molecule has 0 spiro atoms. The third-order valence-electron chi connectivity index (χ3n) is 4.20. The fraction of sp³-hybridized carbons (Fsp3) is 0.625. The molecule has 1 aliphatic carbocycles. The van der Waals surface area contributed by atoms with Crippen LogP contribution in [0.1, 0.15) is 45.1 Å². The van der Waals surface area contributed by atoms with E-state index in [2.05, 4.69) is 44.3 Å². The van der Waals surface area contributed by atoms with E-state index in [0.717, 1.165) is 5.75 Å². The fourth-order valence-electron chi connectivity index (χ4n) is 2.49. The number of hydrogen-bond donors (Lipinski definition) is 1. The standard InChI is InChI=1S/C16H25NO/c1-11(2)12(3)17-15-8-14(9-15)13-6-5-7-16(10-13)18-4/h5-7,10-12,14-15,17H,8-9H2,1-4H3. The molecule has 0 bridgehead atoms. The second-order valence-corrected chi connectivity index (χ2v) is 5.84. The maximum atomic E-state index is 5.28. The molecule has 1 fully saturated rings. The monoisotopic (exact) mass is 247 g/mol. The Kier molecular flexibility index (Phi) is 4.28. The maximum Gasteiger partial charge on any atom is 0.119 e. The molecule has 1 atom stereocenters. The molecule has 0 aliphatic heterocycles. The minimum Gasteiger partial charge on any atom is -0.497 e. The predicted octanol–water partition coefficient (Wildman–Crippen LogP) is 3.58. The lowest BCUT2D eigenvalue weighted by molar-refractivity contribution is 0.248. The number of benzene rings is 1. The SMILES string of the molecule is COc1cccc(C2CC(NC(C)C(C)C)C2)c1. The summed E-state index contributed by atoms with van der Waals surface area (Å²) in [4.78, 5) is 0. The summed E-state index contributed by atoms with van der Waals surface area (Å²) in [5.74, 6) is 2.39. The van der Waals surface area contributed by atoms with Gasteiger partial charge in [0.1, 0.15) is 5.75 Å². The molecule has 1 aromatic rings. The lowest BCUT2D eigenvalue weighted by atomic mass is 9.75. The quantitative estimate of drug-likeness (QED) is 0.858. The number of methoxy groups -OCH3 is 1. The second kappa shape index (κ2) is 5.75. The molecule has 2 rings (SSSR count). The van der Waals surface area contributed by atoms with Gasteiger partial charge in [-0.05, 0) is 49.3 Å². The van der Waals surface area contributed by atoms with Crippen LogP contribution in [0.3, 0.4) is 0 Å². The topological polar surface area (TPSA) is 21.3 Å². The Bertz CT molecular complexity index is 382. The van der Waals surface area contributed by atoms with Crippen LogP contribution in [0.4, 0.5) is 0 Å². The molecule has 2 nitrogen and oxygen atoms in total. The van der Waals surface area contributed by atoms with E-state index in [1.807, 2.05) is 6.07 Å². The molecule has 18 heavy (non-hydrogen) atoms. The Morgan fingerprint density at radius 2 is 1.94 bits per heavy atom. The number of hydrogen-bond acceptors (Lipinski definition) is 2. The minimum absolute atomic E-state index is 0.612. The maximum absolute atomic E-state index is 5.28. The highest BCUT2D eigenvalue weighted by atomic mass is 16.5. The van der Waals surface area contributed by atoms with Crippen molar-refractivity contribution in [1.29, 1.82) is 0 Å². The van der Waals surface area contributed by atoms with E-state index in [1.165, 1.54) is 18.4 Å². The lowest BCUT2D eigenvalue weighted by Crippen LogP contribution is -2.46. The summed E-state index contributed by atoms with van der Waals surface area (Å²) in [5, 5.41) is 3.71. The third kappa shape index (κ3) is 3.05. The van der Waals surface area contributed by atoms with Crippen LogP contribution in [0.2, 0.25) is 0 Å². The first kappa shape index (κ1) is 13.4. The van der Waals surface area contributed by atoms with E-state index in [9.17, 15) is 0 Å². The molecular formula is C16H25NO. The smallest absolute Gasteiger partial charge is 0.119 e. The lowest BCUT2D eigenvalue weighted by Gasteiger charge is -2.39. The summed E-state index contributed by atoms with van der Waals surface area (Å²) in [5.41, 5.74) is 1.42. The van der Waals surface area contributed by atoms with Crippen LogP contribution >= 0.6 is 0 Å². The van der Waals surface area contributed by atoms with Gasteiger partial charge in [-0.1, -0.05) is 26.0 Å². The summed E-state index contributed by atoms with van der Waals surface area (Å²) in [6.45, 7) is 6.83. The van der Waals surface area contributed by atoms with Gasteiger partial charge in [0.25, 0.3) is 0 Å². The van der Waals surface area contributed by atoms with Crippen LogP contribution in [0.5, 0.6) is 5.75 Å². The van der Waals surface area contributed by atoms with E-state index >= 15 is 0 Å². The molecular weight excluding hydrogens is 222 g/mol. The Labute approximate surface area is 111 Å². The van der Waals surface area contributed by atoms with Gasteiger partial charge in [0, 0.05) is 12.1 Å². The fourth-order valence-corrected chi connectivity index (χ4v) is 2.49. The Morgan fingerprint density at radius 1 is 1.22 bits per heavy atom. The van der Waals surface area contributed by atoms with Gasteiger partial charge < -0.3 is 10.1 Å². The predicted molar refractivity (Wildman–Crippen MR) is 76.2 cm³/mol. The van der Waals surface area contributed by atoms with E-state index in [0.29, 0.717) is 23.9 Å². The van der Waals surface area contributed by atoms with Crippen molar-refractivity contribution < 1.29 is 4.74 Å². The van der Waals surface area contributed by atoms with E-state index in [1.54, 1.807) is 7.11 Å². The molecule has 0 saturated heterocycles. The summed E-state index contributed by atoms with van der Waals surface area (Å²) in [6, 6.07) is 9.80. The minimum atomic E-state index is 0.612. The van der Waals surface area contributed by atoms with Crippen LogP contribution in [0.25, 0.3) is 0 Å². The van der Waals surface area contributed by atoms with Crippen LogP contribution in [-0.2, 0) is 0 Å². The number of nitrogens with one attached hydrogen (secondary N) is 1. The first-order valence-electron chi connectivity index (χ1n) is 7.00. The Morgan fingerprint density at radius 3 is 2.56 bits per heavy atom. The Balaban J connectivity index is 1.85. The van der Waals surface area contributed by atoms with Crippen molar-refractivity contribution in [3.05, 3.63) is 29.8 Å². The van der Waals surface area contributed by atoms with Gasteiger partial charge in [-0.15, -0.1) is 0 Å².